The molecule has 1 aliphatic carbocycles. The first-order chi connectivity index (χ1) is 9.22. The molecular weight excluding hydrogens is 240 g/mol. The van der Waals surface area contributed by atoms with Crippen LogP contribution in [0.15, 0.2) is 18.5 Å². The van der Waals surface area contributed by atoms with E-state index in [1.807, 2.05) is 6.92 Å². The van der Waals surface area contributed by atoms with Crippen molar-refractivity contribution in [3.63, 3.8) is 0 Å². The number of aromatic nitrogens is 1. The normalized spacial score (nSPS) is 14.5. The second-order valence-electron chi connectivity index (χ2n) is 4.92. The van der Waals surface area contributed by atoms with E-state index in [2.05, 4.69) is 27.6 Å². The summed E-state index contributed by atoms with van der Waals surface area (Å²) in [6, 6.07) is 2.48. The molecule has 0 atom stereocenters. The molecule has 2 N–H and O–H groups in total. The van der Waals surface area contributed by atoms with Crippen molar-refractivity contribution in [1.29, 1.82) is 0 Å². The third-order valence-corrected chi connectivity index (χ3v) is 3.35. The first-order valence-corrected chi connectivity index (χ1v) is 6.88. The number of nitrogens with zero attached hydrogens (tertiary/aromatic N) is 2. The number of anilines is 1. The molecule has 0 radical (unpaired) electrons. The Bertz CT molecular complexity index is 431. The standard InChI is InChI=1S/C14H22N4O/c1-3-16-13-10-15-7-6-12(13)14(19)17-8-9-18(2)11-4-5-11/h6-7,10-11,16H,3-5,8-9H2,1-2H3,(H,17,19). The lowest BCUT2D eigenvalue weighted by molar-refractivity contribution is 0.0950. The van der Waals surface area contributed by atoms with Crippen molar-refractivity contribution >= 4 is 11.6 Å². The van der Waals surface area contributed by atoms with Gasteiger partial charge < -0.3 is 15.5 Å². The lowest BCUT2D eigenvalue weighted by atomic mass is 10.2. The van der Waals surface area contributed by atoms with E-state index >= 15 is 0 Å². The molecule has 0 unspecified atom stereocenters. The topological polar surface area (TPSA) is 57.3 Å². The zero-order valence-corrected chi connectivity index (χ0v) is 11.6. The Hall–Kier alpha value is -1.62. The van der Waals surface area contributed by atoms with Crippen molar-refractivity contribution in [2.45, 2.75) is 25.8 Å². The van der Waals surface area contributed by atoms with Crippen LogP contribution in [0.5, 0.6) is 0 Å². The molecule has 1 heterocycles. The van der Waals surface area contributed by atoms with Crippen molar-refractivity contribution in [2.75, 3.05) is 32.0 Å². The number of likely N-dealkylation sites (N-methyl/N-ethyl adjacent to an activating group) is 1. The maximum Gasteiger partial charge on any atom is 0.253 e. The van der Waals surface area contributed by atoms with Gasteiger partial charge in [0.05, 0.1) is 17.4 Å². The monoisotopic (exact) mass is 262 g/mol. The average Bonchev–Trinajstić information content (AvgIpc) is 3.24. The van der Waals surface area contributed by atoms with Crippen LogP contribution in [0.2, 0.25) is 0 Å². The molecule has 1 aromatic rings. The number of nitrogens with one attached hydrogen (secondary N) is 2. The molecule has 104 valence electrons. The molecule has 1 aliphatic rings. The van der Waals surface area contributed by atoms with E-state index in [1.54, 1.807) is 18.5 Å². The molecule has 0 aliphatic heterocycles. The minimum Gasteiger partial charge on any atom is -0.383 e. The fourth-order valence-electron chi connectivity index (χ4n) is 2.06. The van der Waals surface area contributed by atoms with Crippen LogP contribution >= 0.6 is 0 Å². The van der Waals surface area contributed by atoms with Gasteiger partial charge in [-0.25, -0.2) is 0 Å². The summed E-state index contributed by atoms with van der Waals surface area (Å²) in [6.07, 6.45) is 5.92. The molecule has 0 saturated heterocycles. The van der Waals surface area contributed by atoms with Crippen molar-refractivity contribution < 1.29 is 4.79 Å². The maximum absolute atomic E-state index is 12.1. The Morgan fingerprint density at radius 2 is 2.32 bits per heavy atom. The van der Waals surface area contributed by atoms with Gasteiger partial charge in [0, 0.05) is 31.9 Å². The number of carbonyl (C=O) groups is 1. The summed E-state index contributed by atoms with van der Waals surface area (Å²) in [6.45, 7) is 4.35. The largest absolute Gasteiger partial charge is 0.383 e. The van der Waals surface area contributed by atoms with Gasteiger partial charge in [-0.05, 0) is 32.9 Å². The first-order valence-electron chi connectivity index (χ1n) is 6.88. The minimum atomic E-state index is -0.0393. The van der Waals surface area contributed by atoms with E-state index in [9.17, 15) is 4.79 Å². The Morgan fingerprint density at radius 3 is 3.00 bits per heavy atom. The molecule has 0 spiro atoms. The Balaban J connectivity index is 1.84. The van der Waals surface area contributed by atoms with Crippen LogP contribution < -0.4 is 10.6 Å². The number of rotatable bonds is 7. The molecule has 5 nitrogen and oxygen atoms in total. The number of hydrogen-bond acceptors (Lipinski definition) is 4. The van der Waals surface area contributed by atoms with Crippen LogP contribution in [-0.2, 0) is 0 Å². The van der Waals surface area contributed by atoms with E-state index in [0.717, 1.165) is 24.8 Å². The molecule has 5 heteroatoms. The zero-order chi connectivity index (χ0) is 13.7. The molecule has 2 rings (SSSR count). The lowest BCUT2D eigenvalue weighted by Gasteiger charge is -2.16. The molecule has 1 fully saturated rings. The Morgan fingerprint density at radius 1 is 1.53 bits per heavy atom. The molecule has 19 heavy (non-hydrogen) atoms. The van der Waals surface area contributed by atoms with Gasteiger partial charge in [-0.3, -0.25) is 9.78 Å². The zero-order valence-electron chi connectivity index (χ0n) is 11.6. The van der Waals surface area contributed by atoms with Gasteiger partial charge in [0.15, 0.2) is 0 Å². The number of hydrogen-bond donors (Lipinski definition) is 2. The predicted molar refractivity (Wildman–Crippen MR) is 76.4 cm³/mol. The summed E-state index contributed by atoms with van der Waals surface area (Å²) >= 11 is 0. The van der Waals surface area contributed by atoms with E-state index < -0.39 is 0 Å². The van der Waals surface area contributed by atoms with Gasteiger partial charge in [0.2, 0.25) is 0 Å². The number of amides is 1. The van der Waals surface area contributed by atoms with E-state index in [0.29, 0.717) is 12.1 Å². The van der Waals surface area contributed by atoms with E-state index in [1.165, 1.54) is 12.8 Å². The maximum atomic E-state index is 12.1. The van der Waals surface area contributed by atoms with Crippen molar-refractivity contribution in [3.05, 3.63) is 24.0 Å². The fraction of sp³-hybridized carbons (Fsp3) is 0.571. The van der Waals surface area contributed by atoms with Crippen LogP contribution in [0.25, 0.3) is 0 Å². The molecule has 1 amide bonds. The summed E-state index contributed by atoms with van der Waals surface area (Å²) in [5.74, 6) is -0.0393. The third-order valence-electron chi connectivity index (χ3n) is 3.35. The van der Waals surface area contributed by atoms with Gasteiger partial charge in [-0.2, -0.15) is 0 Å². The summed E-state index contributed by atoms with van der Waals surface area (Å²) in [5.41, 5.74) is 1.45. The van der Waals surface area contributed by atoms with Gasteiger partial charge >= 0.3 is 0 Å². The Labute approximate surface area is 114 Å². The minimum absolute atomic E-state index is 0.0393. The second kappa shape index (κ2) is 6.52. The molecule has 1 saturated carbocycles. The predicted octanol–water partition coefficient (Wildman–Crippen LogP) is 1.34. The lowest BCUT2D eigenvalue weighted by Crippen LogP contribution is -2.34. The van der Waals surface area contributed by atoms with Crippen molar-refractivity contribution in [2.24, 2.45) is 0 Å². The quantitative estimate of drug-likeness (QED) is 0.778. The van der Waals surface area contributed by atoms with Gasteiger partial charge in [0.1, 0.15) is 0 Å². The van der Waals surface area contributed by atoms with Gasteiger partial charge in [0.25, 0.3) is 5.91 Å². The van der Waals surface area contributed by atoms with Gasteiger partial charge in [-0.1, -0.05) is 0 Å². The third kappa shape index (κ3) is 3.92. The average molecular weight is 262 g/mol. The summed E-state index contributed by atoms with van der Waals surface area (Å²) in [7, 11) is 2.11. The fourth-order valence-corrected chi connectivity index (χ4v) is 2.06. The summed E-state index contributed by atoms with van der Waals surface area (Å²) in [4.78, 5) is 18.4. The highest BCUT2D eigenvalue weighted by Crippen LogP contribution is 2.24. The van der Waals surface area contributed by atoms with Crippen LogP contribution in [-0.4, -0.2) is 48.5 Å². The summed E-state index contributed by atoms with van der Waals surface area (Å²) < 4.78 is 0. The summed E-state index contributed by atoms with van der Waals surface area (Å²) in [5, 5.41) is 6.11. The van der Waals surface area contributed by atoms with Crippen LogP contribution in [0.4, 0.5) is 5.69 Å². The van der Waals surface area contributed by atoms with Crippen molar-refractivity contribution in [1.82, 2.24) is 15.2 Å². The molecule has 0 aromatic carbocycles. The molecule has 1 aromatic heterocycles. The van der Waals surface area contributed by atoms with Crippen molar-refractivity contribution in [3.8, 4) is 0 Å². The second-order valence-corrected chi connectivity index (χ2v) is 4.92. The number of carbonyl (C=O) groups excluding carboxylic acids is 1. The highest BCUT2D eigenvalue weighted by atomic mass is 16.1. The smallest absolute Gasteiger partial charge is 0.253 e. The number of pyridine rings is 1. The highest BCUT2D eigenvalue weighted by Gasteiger charge is 2.25. The highest BCUT2D eigenvalue weighted by molar-refractivity contribution is 5.99. The molecule has 0 bridgehead atoms. The molecular formula is C14H22N4O. The van der Waals surface area contributed by atoms with E-state index in [-0.39, 0.29) is 5.91 Å². The van der Waals surface area contributed by atoms with Crippen LogP contribution in [0.1, 0.15) is 30.1 Å². The van der Waals surface area contributed by atoms with E-state index in [4.69, 9.17) is 0 Å². The first kappa shape index (κ1) is 13.8. The Kier molecular flexibility index (Phi) is 4.74. The SMILES string of the molecule is CCNc1cnccc1C(=O)NCCN(C)C1CC1. The van der Waals surface area contributed by atoms with Gasteiger partial charge in [-0.15, -0.1) is 0 Å². The van der Waals surface area contributed by atoms with Crippen LogP contribution in [0, 0.1) is 0 Å². The van der Waals surface area contributed by atoms with Crippen LogP contribution in [0.3, 0.4) is 0 Å².